The van der Waals surface area contributed by atoms with Crippen LogP contribution >= 0.6 is 0 Å². The zero-order valence-electron chi connectivity index (χ0n) is 8.13. The maximum Gasteiger partial charge on any atom is 0.325 e. The Balaban J connectivity index is 4.23. The third-order valence-electron chi connectivity index (χ3n) is 1.97. The second-order valence-corrected chi connectivity index (χ2v) is 3.30. The Morgan fingerprint density at radius 1 is 1.62 bits per heavy atom. The van der Waals surface area contributed by atoms with Gasteiger partial charge in [-0.25, -0.2) is 0 Å². The molecule has 0 saturated carbocycles. The number of rotatable bonds is 4. The Bertz CT molecular complexity index is 213. The van der Waals surface area contributed by atoms with Gasteiger partial charge in [-0.2, -0.15) is 0 Å². The van der Waals surface area contributed by atoms with E-state index in [4.69, 9.17) is 10.8 Å². The molecular weight excluding hydrogens is 172 g/mol. The normalized spacial score (nSPS) is 17.2. The minimum atomic E-state index is -1.07. The number of amides is 1. The lowest BCUT2D eigenvalue weighted by Crippen LogP contribution is -2.54. The van der Waals surface area contributed by atoms with Gasteiger partial charge in [-0.1, -0.05) is 6.92 Å². The molecule has 0 saturated heterocycles. The van der Waals surface area contributed by atoms with Crippen molar-refractivity contribution in [2.45, 2.75) is 38.8 Å². The fourth-order valence-corrected chi connectivity index (χ4v) is 0.584. The molecule has 0 aliphatic heterocycles. The van der Waals surface area contributed by atoms with E-state index in [1.54, 1.807) is 13.8 Å². The third-order valence-corrected chi connectivity index (χ3v) is 1.97. The van der Waals surface area contributed by atoms with Gasteiger partial charge in [0.15, 0.2) is 0 Å². The van der Waals surface area contributed by atoms with Crippen molar-refractivity contribution in [3.63, 3.8) is 0 Å². The van der Waals surface area contributed by atoms with E-state index in [2.05, 4.69) is 5.32 Å². The number of hydrogen-bond donors (Lipinski definition) is 3. The predicted octanol–water partition coefficient (Wildman–Crippen LogP) is -0.297. The van der Waals surface area contributed by atoms with Crippen LogP contribution in [0.1, 0.15) is 27.2 Å². The van der Waals surface area contributed by atoms with E-state index in [-0.39, 0.29) is 0 Å². The summed E-state index contributed by atoms with van der Waals surface area (Å²) in [4.78, 5) is 21.7. The zero-order chi connectivity index (χ0) is 10.6. The molecule has 0 aliphatic carbocycles. The van der Waals surface area contributed by atoms with Crippen molar-refractivity contribution in [2.24, 2.45) is 5.73 Å². The van der Waals surface area contributed by atoms with Gasteiger partial charge in [0, 0.05) is 0 Å². The van der Waals surface area contributed by atoms with Gasteiger partial charge < -0.3 is 16.2 Å². The summed E-state index contributed by atoms with van der Waals surface area (Å²) in [7, 11) is 0. The molecule has 0 aromatic rings. The topological polar surface area (TPSA) is 92.4 Å². The summed E-state index contributed by atoms with van der Waals surface area (Å²) in [6, 6.07) is -0.901. The second kappa shape index (κ2) is 4.23. The Morgan fingerprint density at radius 2 is 2.08 bits per heavy atom. The molecule has 0 heterocycles. The first kappa shape index (κ1) is 11.9. The van der Waals surface area contributed by atoms with Gasteiger partial charge >= 0.3 is 5.97 Å². The smallest absolute Gasteiger partial charge is 0.325 e. The first-order chi connectivity index (χ1) is 5.81. The summed E-state index contributed by atoms with van der Waals surface area (Å²) in [6.45, 7) is 4.73. The van der Waals surface area contributed by atoms with Crippen molar-refractivity contribution in [1.29, 1.82) is 0 Å². The van der Waals surface area contributed by atoms with E-state index < -0.39 is 23.5 Å². The average Bonchev–Trinajstić information content (AvgIpc) is 2.04. The lowest BCUT2D eigenvalue weighted by molar-refractivity contribution is -0.142. The van der Waals surface area contributed by atoms with Crippen molar-refractivity contribution < 1.29 is 14.7 Å². The maximum atomic E-state index is 11.3. The number of carbonyl (C=O) groups excluding carboxylic acids is 1. The van der Waals surface area contributed by atoms with Crippen LogP contribution in [0.4, 0.5) is 0 Å². The molecule has 5 heteroatoms. The van der Waals surface area contributed by atoms with Crippen molar-refractivity contribution in [3.05, 3.63) is 0 Å². The minimum absolute atomic E-state index is 0.440. The Morgan fingerprint density at radius 3 is 2.38 bits per heavy atom. The third kappa shape index (κ3) is 3.42. The number of carboxylic acids is 1. The summed E-state index contributed by atoms with van der Waals surface area (Å²) in [6.07, 6.45) is 0.463. The Kier molecular flexibility index (Phi) is 3.87. The molecule has 2 atom stereocenters. The van der Waals surface area contributed by atoms with Gasteiger partial charge in [0.1, 0.15) is 6.04 Å². The minimum Gasteiger partial charge on any atom is -0.480 e. The SMILES string of the molecule is CCC(C)(N)C(=O)N[C@@H](C)C(=O)O. The lowest BCUT2D eigenvalue weighted by Gasteiger charge is -2.22. The van der Waals surface area contributed by atoms with Crippen LogP contribution in [0.3, 0.4) is 0 Å². The molecule has 0 bridgehead atoms. The molecule has 1 amide bonds. The molecule has 0 aliphatic rings. The fourth-order valence-electron chi connectivity index (χ4n) is 0.584. The van der Waals surface area contributed by atoms with Gasteiger partial charge in [-0.15, -0.1) is 0 Å². The number of carbonyl (C=O) groups is 2. The number of nitrogens with one attached hydrogen (secondary N) is 1. The molecule has 1 unspecified atom stereocenters. The van der Waals surface area contributed by atoms with E-state index in [0.717, 1.165) is 0 Å². The maximum absolute atomic E-state index is 11.3. The first-order valence-corrected chi connectivity index (χ1v) is 4.14. The standard InChI is InChI=1S/C8H16N2O3/c1-4-8(3,9)7(13)10-5(2)6(11)12/h5H,4,9H2,1-3H3,(H,10,13)(H,11,12)/t5-,8?/m0/s1. The predicted molar refractivity (Wildman–Crippen MR) is 48.1 cm³/mol. The summed E-state index contributed by atoms with van der Waals surface area (Å²) in [5.74, 6) is -1.51. The highest BCUT2D eigenvalue weighted by molar-refractivity contribution is 5.89. The second-order valence-electron chi connectivity index (χ2n) is 3.30. The lowest BCUT2D eigenvalue weighted by atomic mass is 9.99. The number of hydrogen-bond acceptors (Lipinski definition) is 3. The molecule has 4 N–H and O–H groups in total. The van der Waals surface area contributed by atoms with Crippen LogP contribution in [-0.2, 0) is 9.59 Å². The summed E-state index contributed by atoms with van der Waals surface area (Å²) >= 11 is 0. The molecule has 0 radical (unpaired) electrons. The average molecular weight is 188 g/mol. The van der Waals surface area contributed by atoms with Gasteiger partial charge in [0.25, 0.3) is 0 Å². The highest BCUT2D eigenvalue weighted by Gasteiger charge is 2.28. The fraction of sp³-hybridized carbons (Fsp3) is 0.750. The summed E-state index contributed by atoms with van der Waals surface area (Å²) in [5, 5.41) is 10.8. The van der Waals surface area contributed by atoms with Crippen LogP contribution in [0.15, 0.2) is 0 Å². The molecular formula is C8H16N2O3. The summed E-state index contributed by atoms with van der Waals surface area (Å²) in [5.41, 5.74) is 4.61. The zero-order valence-corrected chi connectivity index (χ0v) is 8.13. The molecule has 0 fully saturated rings. The van der Waals surface area contributed by atoms with Crippen LogP contribution in [0.5, 0.6) is 0 Å². The first-order valence-electron chi connectivity index (χ1n) is 4.14. The number of nitrogens with two attached hydrogens (primary N) is 1. The van der Waals surface area contributed by atoms with Crippen LogP contribution in [0.2, 0.25) is 0 Å². The number of carboxylic acid groups (broad SMARTS) is 1. The van der Waals surface area contributed by atoms with E-state index >= 15 is 0 Å². The van der Waals surface area contributed by atoms with Crippen molar-refractivity contribution >= 4 is 11.9 Å². The molecule has 0 spiro atoms. The summed E-state index contributed by atoms with van der Waals surface area (Å²) < 4.78 is 0. The van der Waals surface area contributed by atoms with Gasteiger partial charge in [0.05, 0.1) is 5.54 Å². The van der Waals surface area contributed by atoms with E-state index in [1.807, 2.05) is 0 Å². The van der Waals surface area contributed by atoms with Crippen LogP contribution in [0, 0.1) is 0 Å². The largest absolute Gasteiger partial charge is 0.480 e. The molecule has 13 heavy (non-hydrogen) atoms. The highest BCUT2D eigenvalue weighted by atomic mass is 16.4. The van der Waals surface area contributed by atoms with Crippen LogP contribution in [-0.4, -0.2) is 28.6 Å². The van der Waals surface area contributed by atoms with E-state index in [9.17, 15) is 9.59 Å². The van der Waals surface area contributed by atoms with Crippen molar-refractivity contribution in [1.82, 2.24) is 5.32 Å². The molecule has 76 valence electrons. The van der Waals surface area contributed by atoms with Crippen LogP contribution in [0.25, 0.3) is 0 Å². The van der Waals surface area contributed by atoms with Gasteiger partial charge in [0.2, 0.25) is 5.91 Å². The molecule has 0 rings (SSSR count). The highest BCUT2D eigenvalue weighted by Crippen LogP contribution is 2.04. The number of aliphatic carboxylic acids is 1. The van der Waals surface area contributed by atoms with E-state index in [0.29, 0.717) is 6.42 Å². The molecule has 0 aromatic carbocycles. The monoisotopic (exact) mass is 188 g/mol. The quantitative estimate of drug-likeness (QED) is 0.565. The van der Waals surface area contributed by atoms with Crippen molar-refractivity contribution in [3.8, 4) is 0 Å². The van der Waals surface area contributed by atoms with Gasteiger partial charge in [-0.3, -0.25) is 9.59 Å². The Labute approximate surface area is 77.3 Å². The van der Waals surface area contributed by atoms with Gasteiger partial charge in [-0.05, 0) is 20.3 Å². The Hall–Kier alpha value is -1.10. The van der Waals surface area contributed by atoms with Crippen molar-refractivity contribution in [2.75, 3.05) is 0 Å². The van der Waals surface area contributed by atoms with E-state index in [1.165, 1.54) is 6.92 Å². The molecule has 0 aromatic heterocycles. The molecule has 5 nitrogen and oxygen atoms in total. The van der Waals surface area contributed by atoms with Crippen LogP contribution < -0.4 is 11.1 Å².